The van der Waals surface area contributed by atoms with Crippen LogP contribution in [0.5, 0.6) is 0 Å². The van der Waals surface area contributed by atoms with Gasteiger partial charge in [-0.05, 0) is 24.4 Å². The van der Waals surface area contributed by atoms with Crippen molar-refractivity contribution in [3.63, 3.8) is 0 Å². The molecule has 0 spiro atoms. The summed E-state index contributed by atoms with van der Waals surface area (Å²) in [4.78, 5) is 1.19. The minimum Gasteiger partial charge on any atom is -0.409 e. The lowest BCUT2D eigenvalue weighted by molar-refractivity contribution is 0.318. The second-order valence-electron chi connectivity index (χ2n) is 4.38. The highest BCUT2D eigenvalue weighted by Gasteiger charge is 2.12. The molecule has 20 heavy (non-hydrogen) atoms. The molecule has 4 N–H and O–H groups in total. The van der Waals surface area contributed by atoms with E-state index < -0.39 is 5.82 Å². The van der Waals surface area contributed by atoms with Crippen LogP contribution in [0, 0.1) is 5.82 Å². The fraction of sp³-hybridized carbons (Fsp3) is 0.214. The third-order valence-electron chi connectivity index (χ3n) is 3.03. The minimum absolute atomic E-state index is 0.107. The van der Waals surface area contributed by atoms with Gasteiger partial charge in [0.2, 0.25) is 0 Å². The Labute approximate surface area is 120 Å². The molecule has 1 heterocycles. The molecule has 1 aromatic heterocycles. The molecule has 0 aliphatic heterocycles. The van der Waals surface area contributed by atoms with Gasteiger partial charge in [0.1, 0.15) is 5.82 Å². The van der Waals surface area contributed by atoms with E-state index in [0.717, 1.165) is 0 Å². The van der Waals surface area contributed by atoms with Crippen molar-refractivity contribution < 1.29 is 9.60 Å². The number of halogens is 1. The van der Waals surface area contributed by atoms with Gasteiger partial charge in [-0.1, -0.05) is 23.4 Å². The molecule has 0 saturated heterocycles. The molecule has 0 aliphatic rings. The van der Waals surface area contributed by atoms with Crippen molar-refractivity contribution in [2.45, 2.75) is 19.5 Å². The first-order valence-corrected chi connectivity index (χ1v) is 7.03. The fourth-order valence-corrected chi connectivity index (χ4v) is 2.63. The highest BCUT2D eigenvalue weighted by atomic mass is 32.1. The van der Waals surface area contributed by atoms with Gasteiger partial charge in [-0.2, -0.15) is 0 Å². The Kier molecular flexibility index (Phi) is 4.70. The fourth-order valence-electron chi connectivity index (χ4n) is 1.87. The van der Waals surface area contributed by atoms with Gasteiger partial charge in [0.15, 0.2) is 5.84 Å². The van der Waals surface area contributed by atoms with Crippen LogP contribution in [-0.4, -0.2) is 11.0 Å². The lowest BCUT2D eigenvalue weighted by atomic mass is 10.1. The van der Waals surface area contributed by atoms with Gasteiger partial charge < -0.3 is 16.3 Å². The Morgan fingerprint density at radius 2 is 2.25 bits per heavy atom. The first-order valence-electron chi connectivity index (χ1n) is 6.15. The molecule has 4 nitrogen and oxygen atoms in total. The summed E-state index contributed by atoms with van der Waals surface area (Å²) >= 11 is 1.65. The zero-order valence-corrected chi connectivity index (χ0v) is 11.8. The van der Waals surface area contributed by atoms with E-state index in [-0.39, 0.29) is 17.4 Å². The highest BCUT2D eigenvalue weighted by molar-refractivity contribution is 7.10. The van der Waals surface area contributed by atoms with Crippen molar-refractivity contribution in [3.05, 3.63) is 57.5 Å². The summed E-state index contributed by atoms with van der Waals surface area (Å²) in [5.74, 6) is -0.690. The zero-order valence-electron chi connectivity index (χ0n) is 11.0. The van der Waals surface area contributed by atoms with E-state index in [9.17, 15) is 4.39 Å². The van der Waals surface area contributed by atoms with E-state index in [4.69, 9.17) is 10.9 Å². The van der Waals surface area contributed by atoms with Gasteiger partial charge in [-0.15, -0.1) is 11.3 Å². The first-order chi connectivity index (χ1) is 9.63. The number of thiophene rings is 1. The molecule has 0 amide bonds. The number of nitrogens with one attached hydrogen (secondary N) is 1. The molecule has 0 aliphatic carbocycles. The summed E-state index contributed by atoms with van der Waals surface area (Å²) in [5, 5.41) is 16.7. The minimum atomic E-state index is -0.464. The van der Waals surface area contributed by atoms with Crippen LogP contribution in [0.2, 0.25) is 0 Å². The average molecular weight is 293 g/mol. The Morgan fingerprint density at radius 1 is 1.45 bits per heavy atom. The molecule has 0 bridgehead atoms. The molecular weight excluding hydrogens is 277 g/mol. The summed E-state index contributed by atoms with van der Waals surface area (Å²) in [6.07, 6.45) is 0. The van der Waals surface area contributed by atoms with Gasteiger partial charge in [0.05, 0.1) is 5.56 Å². The summed E-state index contributed by atoms with van der Waals surface area (Å²) in [6.45, 7) is 2.40. The van der Waals surface area contributed by atoms with Crippen LogP contribution in [0.15, 0.2) is 40.9 Å². The van der Waals surface area contributed by atoms with Crippen molar-refractivity contribution in [2.75, 3.05) is 0 Å². The zero-order chi connectivity index (χ0) is 14.5. The van der Waals surface area contributed by atoms with Crippen LogP contribution in [0.4, 0.5) is 4.39 Å². The van der Waals surface area contributed by atoms with Gasteiger partial charge in [-0.25, -0.2) is 4.39 Å². The number of amidine groups is 1. The van der Waals surface area contributed by atoms with Crippen LogP contribution >= 0.6 is 11.3 Å². The van der Waals surface area contributed by atoms with Crippen LogP contribution in [0.3, 0.4) is 0 Å². The van der Waals surface area contributed by atoms with E-state index >= 15 is 0 Å². The first kappa shape index (κ1) is 14.5. The number of hydrogen-bond donors (Lipinski definition) is 3. The van der Waals surface area contributed by atoms with Crippen molar-refractivity contribution in [2.24, 2.45) is 10.9 Å². The topological polar surface area (TPSA) is 70.6 Å². The molecule has 1 aromatic carbocycles. The Hall–Kier alpha value is -1.92. The highest BCUT2D eigenvalue weighted by Crippen LogP contribution is 2.19. The Morgan fingerprint density at radius 3 is 2.90 bits per heavy atom. The average Bonchev–Trinajstić information content (AvgIpc) is 2.99. The predicted molar refractivity (Wildman–Crippen MR) is 78.5 cm³/mol. The molecular formula is C14H16FN3OS. The molecule has 106 valence electrons. The maximum absolute atomic E-state index is 14.2. The number of hydrogen-bond acceptors (Lipinski definition) is 4. The summed E-state index contributed by atoms with van der Waals surface area (Å²) in [6, 6.07) is 9.00. The van der Waals surface area contributed by atoms with Crippen LogP contribution in [0.1, 0.15) is 29.0 Å². The van der Waals surface area contributed by atoms with Crippen molar-refractivity contribution in [1.82, 2.24) is 5.32 Å². The lowest BCUT2D eigenvalue weighted by Gasteiger charge is -2.13. The molecule has 0 saturated carbocycles. The molecule has 2 aromatic rings. The SMILES string of the molecule is C[C@@H](NCc1cccc(/C(N)=N/O)c1F)c1cccs1. The number of benzene rings is 1. The second kappa shape index (κ2) is 6.49. The van der Waals surface area contributed by atoms with E-state index in [1.54, 1.807) is 23.5 Å². The number of nitrogens with two attached hydrogens (primary N) is 1. The van der Waals surface area contributed by atoms with E-state index in [1.165, 1.54) is 10.9 Å². The predicted octanol–water partition coefficient (Wildman–Crippen LogP) is 2.83. The molecule has 0 fully saturated rings. The monoisotopic (exact) mass is 293 g/mol. The van der Waals surface area contributed by atoms with Gasteiger partial charge in [-0.3, -0.25) is 0 Å². The van der Waals surface area contributed by atoms with E-state index in [2.05, 4.69) is 10.5 Å². The molecule has 2 rings (SSSR count). The van der Waals surface area contributed by atoms with Crippen LogP contribution in [0.25, 0.3) is 0 Å². The van der Waals surface area contributed by atoms with Crippen LogP contribution < -0.4 is 11.1 Å². The van der Waals surface area contributed by atoms with Crippen LogP contribution in [-0.2, 0) is 6.54 Å². The number of nitrogens with zero attached hydrogens (tertiary/aromatic N) is 1. The quantitative estimate of drug-likeness (QED) is 0.343. The van der Waals surface area contributed by atoms with Crippen molar-refractivity contribution >= 4 is 17.2 Å². The standard InChI is InChI=1S/C14H16FN3OS/c1-9(12-6-3-7-20-12)17-8-10-4-2-5-11(13(10)15)14(16)18-19/h2-7,9,17,19H,8H2,1H3,(H2,16,18)/t9-/m1/s1. The van der Waals surface area contributed by atoms with Gasteiger partial charge >= 0.3 is 0 Å². The number of oxime groups is 1. The van der Waals surface area contributed by atoms with Crippen molar-refractivity contribution in [3.8, 4) is 0 Å². The van der Waals surface area contributed by atoms with E-state index in [1.807, 2.05) is 24.4 Å². The lowest BCUT2D eigenvalue weighted by Crippen LogP contribution is -2.20. The summed E-state index contributed by atoms with van der Waals surface area (Å²) in [7, 11) is 0. The Balaban J connectivity index is 2.10. The molecule has 0 unspecified atom stereocenters. The normalized spacial score (nSPS) is 13.4. The summed E-state index contributed by atoms with van der Waals surface area (Å²) < 4.78 is 14.2. The van der Waals surface area contributed by atoms with E-state index in [0.29, 0.717) is 12.1 Å². The largest absolute Gasteiger partial charge is 0.409 e. The number of rotatable bonds is 5. The maximum atomic E-state index is 14.2. The third-order valence-corrected chi connectivity index (χ3v) is 4.09. The smallest absolute Gasteiger partial charge is 0.173 e. The molecule has 1 atom stereocenters. The second-order valence-corrected chi connectivity index (χ2v) is 5.36. The third kappa shape index (κ3) is 3.15. The van der Waals surface area contributed by atoms with Crippen molar-refractivity contribution in [1.29, 1.82) is 0 Å². The maximum Gasteiger partial charge on any atom is 0.173 e. The van der Waals surface area contributed by atoms with Gasteiger partial charge in [0.25, 0.3) is 0 Å². The summed E-state index contributed by atoms with van der Waals surface area (Å²) in [5.41, 5.74) is 6.03. The molecule has 0 radical (unpaired) electrons. The van der Waals surface area contributed by atoms with Gasteiger partial charge in [0, 0.05) is 23.0 Å². The molecule has 6 heteroatoms. The Bertz CT molecular complexity index is 598.